The lowest BCUT2D eigenvalue weighted by Gasteiger charge is -2.43. The summed E-state index contributed by atoms with van der Waals surface area (Å²) in [5, 5.41) is 8.09. The van der Waals surface area contributed by atoms with Crippen molar-refractivity contribution in [3.63, 3.8) is 0 Å². The molecule has 0 bridgehead atoms. The number of nitrogens with one attached hydrogen (secondary N) is 2. The van der Waals surface area contributed by atoms with Crippen molar-refractivity contribution < 1.29 is 0 Å². The normalized spacial score (nSPS) is 14.6. The molecule has 2 nitrogen and oxygen atoms in total. The van der Waals surface area contributed by atoms with Crippen LogP contribution in [0.15, 0.2) is 103 Å². The van der Waals surface area contributed by atoms with E-state index in [0.717, 1.165) is 32.1 Å². The van der Waals surface area contributed by atoms with Crippen molar-refractivity contribution in [1.82, 2.24) is 0 Å². The highest BCUT2D eigenvalue weighted by molar-refractivity contribution is 6.02. The van der Waals surface area contributed by atoms with Crippen LogP contribution in [0.1, 0.15) is 127 Å². The van der Waals surface area contributed by atoms with Crippen LogP contribution in [0.3, 0.4) is 0 Å². The lowest BCUT2D eigenvalue weighted by molar-refractivity contribution is 0.237. The van der Waals surface area contributed by atoms with E-state index in [1.165, 1.54) is 61.5 Å². The summed E-state index contributed by atoms with van der Waals surface area (Å²) in [4.78, 5) is 0. The molecule has 4 aromatic carbocycles. The molecule has 2 heteroatoms. The molecule has 0 radical (unpaired) electrons. The van der Waals surface area contributed by atoms with E-state index in [9.17, 15) is 0 Å². The fraction of sp³-hybridized carbons (Fsp3) is 0.429. The summed E-state index contributed by atoms with van der Waals surface area (Å²) in [5.41, 5.74) is 15.9. The van der Waals surface area contributed by atoms with Crippen molar-refractivity contribution >= 4 is 22.5 Å². The molecule has 0 fully saturated rings. The highest BCUT2D eigenvalue weighted by Crippen LogP contribution is 2.51. The number of fused-ring (bicyclic) bond motifs is 1. The molecule has 0 aliphatic heterocycles. The lowest BCUT2D eigenvalue weighted by atomic mass is 9.65. The second kappa shape index (κ2) is 14.9. The van der Waals surface area contributed by atoms with Crippen molar-refractivity contribution in [2.24, 2.45) is 10.8 Å². The molecule has 51 heavy (non-hydrogen) atoms. The topological polar surface area (TPSA) is 24.1 Å². The number of hydrogen-bond acceptors (Lipinski definition) is 2. The highest BCUT2D eigenvalue weighted by atomic mass is 15.0. The lowest BCUT2D eigenvalue weighted by Crippen LogP contribution is -2.40. The van der Waals surface area contributed by atoms with E-state index in [-0.39, 0.29) is 21.9 Å². The van der Waals surface area contributed by atoms with E-state index in [4.69, 9.17) is 0 Å². The zero-order chi connectivity index (χ0) is 37.2. The first-order valence-corrected chi connectivity index (χ1v) is 19.3. The number of para-hydroxylation sites is 2. The molecular weight excluding hydrogens is 617 g/mol. The van der Waals surface area contributed by atoms with Crippen LogP contribution >= 0.6 is 0 Å². The van der Waals surface area contributed by atoms with Crippen molar-refractivity contribution in [3.8, 4) is 0 Å². The number of hydrogen-bond donors (Lipinski definition) is 2. The van der Waals surface area contributed by atoms with Gasteiger partial charge < -0.3 is 10.6 Å². The molecule has 0 spiro atoms. The predicted molar refractivity (Wildman–Crippen MR) is 225 cm³/mol. The first-order valence-electron chi connectivity index (χ1n) is 19.3. The Morgan fingerprint density at radius 3 is 1.57 bits per heavy atom. The highest BCUT2D eigenvalue weighted by Gasteiger charge is 2.39. The molecule has 1 aliphatic rings. The Morgan fingerprint density at radius 2 is 1.04 bits per heavy atom. The minimum absolute atomic E-state index is 0.0203. The average Bonchev–Trinajstić information content (AvgIpc) is 3.44. The van der Waals surface area contributed by atoms with Gasteiger partial charge in [-0.3, -0.25) is 0 Å². The van der Waals surface area contributed by atoms with Crippen LogP contribution in [0.2, 0.25) is 0 Å². The monoisotopic (exact) mass is 681 g/mol. The molecule has 5 rings (SSSR count). The number of rotatable bonds is 14. The Morgan fingerprint density at radius 1 is 0.549 bits per heavy atom. The maximum absolute atomic E-state index is 4.06. The molecule has 0 saturated carbocycles. The SMILES string of the molecule is CCc1cccc(C)c1NC(C)(C)CC(C)(C)C/C(=C1\C=C(c2ccccc2)c2ccccc21)C(C)(C)CC(C)(C)Nc1c(C)cccc1CC. The van der Waals surface area contributed by atoms with Gasteiger partial charge in [-0.1, -0.05) is 138 Å². The molecule has 0 atom stereocenters. The first-order chi connectivity index (χ1) is 24.0. The number of allylic oxidation sites excluding steroid dienone is 3. The Kier molecular flexibility index (Phi) is 11.2. The van der Waals surface area contributed by atoms with Crippen LogP contribution in [0.25, 0.3) is 11.1 Å². The molecule has 0 amide bonds. The molecule has 0 unspecified atom stereocenters. The molecule has 0 saturated heterocycles. The third kappa shape index (κ3) is 8.89. The number of aryl methyl sites for hydroxylation is 4. The fourth-order valence-corrected chi connectivity index (χ4v) is 9.18. The average molecular weight is 681 g/mol. The van der Waals surface area contributed by atoms with Gasteiger partial charge in [-0.2, -0.15) is 0 Å². The molecule has 1 aliphatic carbocycles. The Balaban J connectivity index is 1.58. The standard InChI is InChI=1S/C49H64N2/c1-13-36-26-20-22-34(3)44(36)50-48(9,10)32-46(5,6)31-43(42-30-41(38-24-16-15-17-25-38)39-28-18-19-29-40(39)42)47(7,8)33-49(11,12)51-45-35(4)23-21-27-37(45)14-2/h15-30,50-51H,13-14,31-33H2,1-12H3/b43-42-. The summed E-state index contributed by atoms with van der Waals surface area (Å²) >= 11 is 0. The van der Waals surface area contributed by atoms with E-state index in [2.05, 4.69) is 191 Å². The quantitative estimate of drug-likeness (QED) is 0.138. The van der Waals surface area contributed by atoms with E-state index in [0.29, 0.717) is 0 Å². The molecule has 0 heterocycles. The van der Waals surface area contributed by atoms with Gasteiger partial charge in [0.2, 0.25) is 0 Å². The van der Waals surface area contributed by atoms with Gasteiger partial charge in [0.05, 0.1) is 0 Å². The van der Waals surface area contributed by atoms with Crippen LogP contribution in [-0.2, 0) is 12.8 Å². The van der Waals surface area contributed by atoms with Crippen LogP contribution in [0.4, 0.5) is 11.4 Å². The zero-order valence-corrected chi connectivity index (χ0v) is 33.8. The second-order valence-electron chi connectivity index (χ2n) is 17.9. The molecule has 0 aromatic heterocycles. The Labute approximate surface area is 310 Å². The van der Waals surface area contributed by atoms with Crippen molar-refractivity contribution in [2.75, 3.05) is 10.6 Å². The van der Waals surface area contributed by atoms with Gasteiger partial charge in [0.15, 0.2) is 0 Å². The van der Waals surface area contributed by atoms with Crippen LogP contribution in [0, 0.1) is 24.7 Å². The minimum atomic E-state index is -0.137. The molecule has 4 aromatic rings. The zero-order valence-electron chi connectivity index (χ0n) is 33.8. The van der Waals surface area contributed by atoms with Gasteiger partial charge >= 0.3 is 0 Å². The van der Waals surface area contributed by atoms with Crippen molar-refractivity contribution in [1.29, 1.82) is 0 Å². The van der Waals surface area contributed by atoms with E-state index < -0.39 is 0 Å². The Bertz CT molecular complexity index is 1900. The summed E-state index contributed by atoms with van der Waals surface area (Å²) in [6.45, 7) is 28.5. The first kappa shape index (κ1) is 38.2. The maximum atomic E-state index is 4.06. The van der Waals surface area contributed by atoms with Gasteiger partial charge in [-0.05, 0) is 141 Å². The van der Waals surface area contributed by atoms with Crippen molar-refractivity contribution in [3.05, 3.63) is 142 Å². The van der Waals surface area contributed by atoms with E-state index in [1.807, 2.05) is 0 Å². The molecular formula is C49H64N2. The minimum Gasteiger partial charge on any atom is -0.380 e. The summed E-state index contributed by atoms with van der Waals surface area (Å²) < 4.78 is 0. The number of anilines is 2. The second-order valence-corrected chi connectivity index (χ2v) is 17.9. The Hall–Kier alpha value is -4.04. The van der Waals surface area contributed by atoms with Gasteiger partial charge in [0, 0.05) is 22.5 Å². The smallest absolute Gasteiger partial charge is 0.0406 e. The van der Waals surface area contributed by atoms with E-state index in [1.54, 1.807) is 5.57 Å². The summed E-state index contributed by atoms with van der Waals surface area (Å²) in [5.74, 6) is 0. The maximum Gasteiger partial charge on any atom is 0.0406 e. The fourth-order valence-electron chi connectivity index (χ4n) is 9.18. The number of benzene rings is 4. The van der Waals surface area contributed by atoms with Crippen LogP contribution < -0.4 is 10.6 Å². The summed E-state index contributed by atoms with van der Waals surface area (Å²) in [6.07, 6.45) is 7.58. The molecule has 2 N–H and O–H groups in total. The predicted octanol–water partition coefficient (Wildman–Crippen LogP) is 13.6. The van der Waals surface area contributed by atoms with E-state index >= 15 is 0 Å². The largest absolute Gasteiger partial charge is 0.380 e. The van der Waals surface area contributed by atoms with Crippen LogP contribution in [0.5, 0.6) is 0 Å². The van der Waals surface area contributed by atoms with Gasteiger partial charge in [-0.25, -0.2) is 0 Å². The van der Waals surface area contributed by atoms with Gasteiger partial charge in [0.25, 0.3) is 0 Å². The summed E-state index contributed by atoms with van der Waals surface area (Å²) in [7, 11) is 0. The van der Waals surface area contributed by atoms with Crippen LogP contribution in [-0.4, -0.2) is 11.1 Å². The van der Waals surface area contributed by atoms with Crippen molar-refractivity contribution in [2.45, 2.75) is 126 Å². The molecule has 270 valence electrons. The third-order valence-electron chi connectivity index (χ3n) is 10.9. The summed E-state index contributed by atoms with van der Waals surface area (Å²) in [6, 6.07) is 33.4. The van der Waals surface area contributed by atoms with Gasteiger partial charge in [0.1, 0.15) is 0 Å². The van der Waals surface area contributed by atoms with Gasteiger partial charge in [-0.15, -0.1) is 0 Å². The third-order valence-corrected chi connectivity index (χ3v) is 10.9.